The highest BCUT2D eigenvalue weighted by Crippen LogP contribution is 2.23. The molecule has 2 N–H and O–H groups in total. The summed E-state index contributed by atoms with van der Waals surface area (Å²) in [5.74, 6) is -1.32. The fraction of sp³-hybridized carbons (Fsp3) is 0.429. The molecule has 14 heteroatoms. The molecule has 0 aliphatic rings. The second kappa shape index (κ2) is 11.9. The van der Waals surface area contributed by atoms with Crippen molar-refractivity contribution in [2.24, 2.45) is 10.7 Å². The van der Waals surface area contributed by atoms with Crippen molar-refractivity contribution in [2.45, 2.75) is 24.9 Å². The van der Waals surface area contributed by atoms with Crippen molar-refractivity contribution in [1.82, 2.24) is 15.0 Å². The number of benzene rings is 1. The summed E-state index contributed by atoms with van der Waals surface area (Å²) in [6.07, 6.45) is -3.38. The molecule has 35 heavy (non-hydrogen) atoms. The van der Waals surface area contributed by atoms with Crippen LogP contribution < -0.4 is 5.73 Å². The first-order valence-electron chi connectivity index (χ1n) is 10.5. The maximum absolute atomic E-state index is 13.0. The number of hydrogen-bond donors (Lipinski definition) is 1. The minimum atomic E-state index is -4.86. The lowest BCUT2D eigenvalue weighted by Crippen LogP contribution is -2.28. The zero-order valence-electron chi connectivity index (χ0n) is 19.4. The number of ether oxygens (including phenoxy) is 1. The molecule has 0 saturated carbocycles. The largest absolute Gasteiger partial charge is 0.463 e. The summed E-state index contributed by atoms with van der Waals surface area (Å²) in [5.41, 5.74) is 3.36. The standard InChI is InChI=1S/C21H26F3N5O5S/c1-4-29(5-2)9-10-33-18(30)13-26-16(12-17(25)21(22,23)24)20-27-19(28-34-20)14-7-6-8-15(11-14)35(3,31)32/h6-8,11-12H,4-5,9-10,13,25H2,1-3H3/b17-12-,26-16?. The lowest BCUT2D eigenvalue weighted by Gasteiger charge is -2.17. The number of nitrogens with zero attached hydrogens (tertiary/aromatic N) is 4. The number of nitrogens with two attached hydrogens (primary N) is 1. The third kappa shape index (κ3) is 8.47. The Bertz CT molecular complexity index is 1190. The molecule has 0 atom stereocenters. The number of allylic oxidation sites excluding steroid dienone is 2. The van der Waals surface area contributed by atoms with Crippen molar-refractivity contribution in [3.8, 4) is 11.4 Å². The number of likely N-dealkylation sites (N-methyl/N-ethyl adjacent to an activating group) is 1. The van der Waals surface area contributed by atoms with Crippen molar-refractivity contribution < 1.29 is 35.6 Å². The van der Waals surface area contributed by atoms with E-state index in [1.807, 2.05) is 18.7 Å². The van der Waals surface area contributed by atoms with Crippen molar-refractivity contribution in [3.63, 3.8) is 0 Å². The molecule has 2 rings (SSSR count). The van der Waals surface area contributed by atoms with Crippen molar-refractivity contribution >= 4 is 21.5 Å². The molecule has 10 nitrogen and oxygen atoms in total. The predicted molar refractivity (Wildman–Crippen MR) is 121 cm³/mol. The fourth-order valence-corrected chi connectivity index (χ4v) is 3.41. The lowest BCUT2D eigenvalue weighted by molar-refractivity contribution is -0.142. The smallest absolute Gasteiger partial charge is 0.430 e. The van der Waals surface area contributed by atoms with Crippen LogP contribution in [0.25, 0.3) is 11.4 Å². The topological polar surface area (TPSA) is 141 Å². The maximum atomic E-state index is 13.0. The Labute approximate surface area is 200 Å². The Morgan fingerprint density at radius 2 is 1.97 bits per heavy atom. The molecule has 1 aromatic carbocycles. The summed E-state index contributed by atoms with van der Waals surface area (Å²) >= 11 is 0. The van der Waals surface area contributed by atoms with Gasteiger partial charge in [0.05, 0.1) is 4.90 Å². The van der Waals surface area contributed by atoms with Gasteiger partial charge >= 0.3 is 12.1 Å². The summed E-state index contributed by atoms with van der Waals surface area (Å²) in [6, 6.07) is 5.60. The van der Waals surface area contributed by atoms with Crippen LogP contribution in [0.5, 0.6) is 0 Å². The number of carbonyl (C=O) groups is 1. The monoisotopic (exact) mass is 517 g/mol. The maximum Gasteiger partial charge on any atom is 0.430 e. The highest BCUT2D eigenvalue weighted by atomic mass is 32.2. The van der Waals surface area contributed by atoms with Crippen LogP contribution in [-0.2, 0) is 19.4 Å². The molecule has 0 bridgehead atoms. The Hall–Kier alpha value is -3.26. The predicted octanol–water partition coefficient (Wildman–Crippen LogP) is 2.22. The number of rotatable bonds is 11. The quantitative estimate of drug-likeness (QED) is 0.351. The first kappa shape index (κ1) is 28.0. The molecular weight excluding hydrogens is 491 g/mol. The van der Waals surface area contributed by atoms with E-state index < -0.39 is 45.8 Å². The molecule has 0 saturated heterocycles. The van der Waals surface area contributed by atoms with Crippen LogP contribution in [-0.4, -0.2) is 80.4 Å². The minimum absolute atomic E-state index is 0.0103. The van der Waals surface area contributed by atoms with Crippen LogP contribution in [0.1, 0.15) is 19.7 Å². The molecule has 0 fully saturated rings. The van der Waals surface area contributed by atoms with E-state index in [2.05, 4.69) is 15.1 Å². The Morgan fingerprint density at radius 3 is 2.57 bits per heavy atom. The summed E-state index contributed by atoms with van der Waals surface area (Å²) in [4.78, 5) is 21.9. The second-order valence-electron chi connectivity index (χ2n) is 7.27. The molecule has 0 radical (unpaired) electrons. The molecule has 1 aromatic heterocycles. The first-order chi connectivity index (χ1) is 16.3. The number of carbonyl (C=O) groups excluding carboxylic acids is 1. The Kier molecular flexibility index (Phi) is 9.54. The van der Waals surface area contributed by atoms with Gasteiger partial charge in [0.2, 0.25) is 5.82 Å². The van der Waals surface area contributed by atoms with Crippen LogP contribution in [0.4, 0.5) is 13.2 Å². The molecule has 192 valence electrons. The number of aliphatic imine (C=N–C) groups is 1. The van der Waals surface area contributed by atoms with Gasteiger partial charge < -0.3 is 19.9 Å². The van der Waals surface area contributed by atoms with E-state index in [1.54, 1.807) is 0 Å². The molecule has 0 aliphatic heterocycles. The van der Waals surface area contributed by atoms with Crippen molar-refractivity contribution in [3.05, 3.63) is 41.9 Å². The second-order valence-corrected chi connectivity index (χ2v) is 9.29. The van der Waals surface area contributed by atoms with E-state index in [9.17, 15) is 26.4 Å². The van der Waals surface area contributed by atoms with Crippen LogP contribution >= 0.6 is 0 Å². The highest BCUT2D eigenvalue weighted by Gasteiger charge is 2.32. The van der Waals surface area contributed by atoms with E-state index in [4.69, 9.17) is 15.0 Å². The van der Waals surface area contributed by atoms with E-state index in [-0.39, 0.29) is 22.9 Å². The highest BCUT2D eigenvalue weighted by molar-refractivity contribution is 7.90. The Morgan fingerprint density at radius 1 is 1.29 bits per heavy atom. The van der Waals surface area contributed by atoms with E-state index in [0.717, 1.165) is 19.3 Å². The Balaban J connectivity index is 2.29. The number of alkyl halides is 3. The minimum Gasteiger partial charge on any atom is -0.463 e. The van der Waals surface area contributed by atoms with Crippen molar-refractivity contribution in [2.75, 3.05) is 39.0 Å². The molecule has 1 heterocycles. The average Bonchev–Trinajstić information content (AvgIpc) is 3.28. The van der Waals surface area contributed by atoms with Crippen LogP contribution in [0.3, 0.4) is 0 Å². The van der Waals surface area contributed by atoms with Gasteiger partial charge in [0.1, 0.15) is 24.6 Å². The van der Waals surface area contributed by atoms with Crippen molar-refractivity contribution in [1.29, 1.82) is 0 Å². The molecule has 0 amide bonds. The van der Waals surface area contributed by atoms with E-state index in [0.29, 0.717) is 12.6 Å². The zero-order valence-corrected chi connectivity index (χ0v) is 20.2. The zero-order chi connectivity index (χ0) is 26.2. The molecule has 2 aromatic rings. The summed E-state index contributed by atoms with van der Waals surface area (Å²) < 4.78 is 72.6. The van der Waals surface area contributed by atoms with Gasteiger partial charge in [-0.3, -0.25) is 9.79 Å². The fourth-order valence-electron chi connectivity index (χ4n) is 2.74. The van der Waals surface area contributed by atoms with Crippen LogP contribution in [0.2, 0.25) is 0 Å². The van der Waals surface area contributed by atoms with Crippen LogP contribution in [0.15, 0.2) is 50.4 Å². The number of sulfone groups is 1. The number of halogens is 3. The van der Waals surface area contributed by atoms with E-state index in [1.165, 1.54) is 24.3 Å². The SMILES string of the molecule is CCN(CC)CCOC(=O)CN=C(/C=C(\N)C(F)(F)F)c1nc(-c2cccc(S(C)(=O)=O)c2)no1. The third-order valence-electron chi connectivity index (χ3n) is 4.73. The number of esters is 1. The van der Waals surface area contributed by atoms with E-state index >= 15 is 0 Å². The van der Waals surface area contributed by atoms with Gasteiger partial charge in [0.25, 0.3) is 5.89 Å². The van der Waals surface area contributed by atoms with Gasteiger partial charge in [-0.15, -0.1) is 0 Å². The normalized spacial score (nSPS) is 13.3. The molecule has 0 aliphatic carbocycles. The van der Waals surface area contributed by atoms with Gasteiger partial charge in [-0.1, -0.05) is 31.1 Å². The summed E-state index contributed by atoms with van der Waals surface area (Å²) in [6.45, 7) is 5.42. The van der Waals surface area contributed by atoms with Gasteiger partial charge in [-0.2, -0.15) is 18.2 Å². The molecule has 0 spiro atoms. The molecular formula is C21H26F3N5O5S. The first-order valence-corrected chi connectivity index (χ1v) is 12.4. The lowest BCUT2D eigenvalue weighted by atomic mass is 10.2. The van der Waals surface area contributed by atoms with Gasteiger partial charge in [-0.25, -0.2) is 8.42 Å². The summed E-state index contributed by atoms with van der Waals surface area (Å²) in [7, 11) is -3.53. The van der Waals surface area contributed by atoms with Crippen LogP contribution in [0, 0.1) is 0 Å². The summed E-state index contributed by atoms with van der Waals surface area (Å²) in [5, 5.41) is 3.68. The third-order valence-corrected chi connectivity index (χ3v) is 5.84. The van der Waals surface area contributed by atoms with Gasteiger partial charge in [0, 0.05) is 18.4 Å². The molecule has 0 unspecified atom stereocenters. The number of hydrogen-bond acceptors (Lipinski definition) is 10. The van der Waals surface area contributed by atoms with Gasteiger partial charge in [0.15, 0.2) is 9.84 Å². The number of aromatic nitrogens is 2. The van der Waals surface area contributed by atoms with Gasteiger partial charge in [-0.05, 0) is 31.3 Å². The average molecular weight is 518 g/mol.